The van der Waals surface area contributed by atoms with Gasteiger partial charge < -0.3 is 20.6 Å². The quantitative estimate of drug-likeness (QED) is 0.0369. The zero-order valence-corrected chi connectivity index (χ0v) is 35.7. The van der Waals surface area contributed by atoms with Gasteiger partial charge in [-0.05, 0) is 44.9 Å². The van der Waals surface area contributed by atoms with Crippen molar-refractivity contribution in [2.75, 3.05) is 6.61 Å². The lowest BCUT2D eigenvalue weighted by atomic mass is 10.0. The van der Waals surface area contributed by atoms with E-state index < -0.39 is 24.2 Å². The van der Waals surface area contributed by atoms with Gasteiger partial charge in [-0.2, -0.15) is 0 Å². The van der Waals surface area contributed by atoms with E-state index in [1.165, 1.54) is 186 Å². The summed E-state index contributed by atoms with van der Waals surface area (Å²) >= 11 is 0. The first-order chi connectivity index (χ1) is 26.1. The van der Waals surface area contributed by atoms with E-state index in [4.69, 9.17) is 0 Å². The van der Waals surface area contributed by atoms with Crippen molar-refractivity contribution in [3.05, 3.63) is 24.3 Å². The molecule has 0 bridgehead atoms. The molecule has 5 heteroatoms. The van der Waals surface area contributed by atoms with Crippen LogP contribution in [0, 0.1) is 0 Å². The van der Waals surface area contributed by atoms with Gasteiger partial charge in [0.05, 0.1) is 18.8 Å². The van der Waals surface area contributed by atoms with E-state index >= 15 is 0 Å². The molecule has 53 heavy (non-hydrogen) atoms. The number of rotatable bonds is 43. The number of amides is 1. The van der Waals surface area contributed by atoms with Crippen LogP contribution in [0.25, 0.3) is 0 Å². The molecule has 1 amide bonds. The molecule has 0 aliphatic rings. The highest BCUT2D eigenvalue weighted by Crippen LogP contribution is 2.16. The van der Waals surface area contributed by atoms with Crippen LogP contribution in [0.4, 0.5) is 0 Å². The molecule has 0 heterocycles. The van der Waals surface area contributed by atoms with E-state index in [2.05, 4.69) is 31.3 Å². The number of aliphatic hydroxyl groups is 3. The second-order valence-electron chi connectivity index (χ2n) is 16.3. The molecule has 0 fully saturated rings. The van der Waals surface area contributed by atoms with Crippen LogP contribution < -0.4 is 5.32 Å². The summed E-state index contributed by atoms with van der Waals surface area (Å²) in [5, 5.41) is 33.2. The van der Waals surface area contributed by atoms with Crippen molar-refractivity contribution in [3.63, 3.8) is 0 Å². The minimum atomic E-state index is -1.11. The van der Waals surface area contributed by atoms with Crippen molar-refractivity contribution in [1.82, 2.24) is 5.32 Å². The van der Waals surface area contributed by atoms with Crippen LogP contribution in [0.1, 0.15) is 251 Å². The van der Waals surface area contributed by atoms with Crippen molar-refractivity contribution < 1.29 is 20.1 Å². The molecule has 5 nitrogen and oxygen atoms in total. The first kappa shape index (κ1) is 51.8. The average Bonchev–Trinajstić information content (AvgIpc) is 3.16. The number of allylic oxidation sites excluding steroid dienone is 3. The second-order valence-corrected chi connectivity index (χ2v) is 16.3. The minimum Gasteiger partial charge on any atom is -0.394 e. The van der Waals surface area contributed by atoms with Gasteiger partial charge in [-0.1, -0.05) is 231 Å². The van der Waals surface area contributed by atoms with Crippen LogP contribution in [-0.4, -0.2) is 46.1 Å². The summed E-state index contributed by atoms with van der Waals surface area (Å²) in [4.78, 5) is 12.5. The van der Waals surface area contributed by atoms with Crippen LogP contribution in [0.3, 0.4) is 0 Å². The molecule has 314 valence electrons. The molecule has 0 aromatic rings. The third-order valence-corrected chi connectivity index (χ3v) is 11.0. The first-order valence-electron chi connectivity index (χ1n) is 23.7. The predicted octanol–water partition coefficient (Wildman–Crippen LogP) is 13.8. The van der Waals surface area contributed by atoms with Gasteiger partial charge in [0.2, 0.25) is 5.91 Å². The van der Waals surface area contributed by atoms with Crippen LogP contribution in [-0.2, 0) is 4.79 Å². The van der Waals surface area contributed by atoms with Gasteiger partial charge in [-0.25, -0.2) is 0 Å². The van der Waals surface area contributed by atoms with Crippen LogP contribution in [0.5, 0.6) is 0 Å². The molecule has 0 spiro atoms. The van der Waals surface area contributed by atoms with E-state index in [9.17, 15) is 20.1 Å². The van der Waals surface area contributed by atoms with E-state index in [1.807, 2.05) is 6.08 Å². The summed E-state index contributed by atoms with van der Waals surface area (Å²) in [7, 11) is 0. The molecule has 0 saturated carbocycles. The molecular weight excluding hydrogens is 655 g/mol. The molecule has 4 N–H and O–H groups in total. The maximum atomic E-state index is 12.5. The number of carbonyl (C=O) groups excluding carboxylic acids is 1. The fourth-order valence-electron chi connectivity index (χ4n) is 7.30. The fourth-order valence-corrected chi connectivity index (χ4v) is 7.30. The number of hydrogen-bond donors (Lipinski definition) is 4. The summed E-state index contributed by atoms with van der Waals surface area (Å²) in [5.74, 6) is -0.509. The Hall–Kier alpha value is -1.17. The predicted molar refractivity (Wildman–Crippen MR) is 231 cm³/mol. The molecule has 0 aromatic heterocycles. The fraction of sp³-hybridized carbons (Fsp3) is 0.896. The van der Waals surface area contributed by atoms with Gasteiger partial charge in [0, 0.05) is 0 Å². The molecule has 0 aromatic carbocycles. The minimum absolute atomic E-state index is 0.365. The molecule has 0 aliphatic heterocycles. The lowest BCUT2D eigenvalue weighted by Crippen LogP contribution is -2.48. The summed E-state index contributed by atoms with van der Waals surface area (Å²) in [6.45, 7) is 4.19. The van der Waals surface area contributed by atoms with Gasteiger partial charge in [0.15, 0.2) is 0 Å². The van der Waals surface area contributed by atoms with Gasteiger partial charge >= 0.3 is 0 Å². The Balaban J connectivity index is 3.64. The van der Waals surface area contributed by atoms with Gasteiger partial charge in [0.25, 0.3) is 0 Å². The van der Waals surface area contributed by atoms with Crippen molar-refractivity contribution in [3.8, 4) is 0 Å². The lowest BCUT2D eigenvalue weighted by Gasteiger charge is -2.21. The molecular formula is C48H93NO4. The smallest absolute Gasteiger partial charge is 0.249 e. The highest BCUT2D eigenvalue weighted by atomic mass is 16.3. The largest absolute Gasteiger partial charge is 0.394 e. The van der Waals surface area contributed by atoms with Crippen molar-refractivity contribution in [2.24, 2.45) is 0 Å². The molecule has 0 saturated heterocycles. The summed E-state index contributed by atoms with van der Waals surface area (Å²) in [6.07, 6.45) is 53.6. The molecule has 0 rings (SSSR count). The number of hydrogen-bond acceptors (Lipinski definition) is 4. The third-order valence-electron chi connectivity index (χ3n) is 11.0. The highest BCUT2D eigenvalue weighted by molar-refractivity contribution is 5.80. The zero-order chi connectivity index (χ0) is 38.7. The standard InChI is InChI=1S/C48H93NO4/c1-3-5-7-9-11-13-15-17-19-21-22-23-24-25-27-28-30-32-34-36-38-40-42-46(51)45(44-50)49-48(53)47(52)43-41-39-37-35-33-31-29-26-20-18-16-14-12-10-8-6-4-2/h29,31,40,42,45-47,50-52H,3-28,30,32-39,41,43-44H2,1-2H3,(H,49,53)/b31-29-,42-40+. The van der Waals surface area contributed by atoms with Crippen molar-refractivity contribution >= 4 is 5.91 Å². The zero-order valence-electron chi connectivity index (χ0n) is 35.7. The maximum Gasteiger partial charge on any atom is 0.249 e. The van der Waals surface area contributed by atoms with Crippen LogP contribution >= 0.6 is 0 Å². The van der Waals surface area contributed by atoms with Gasteiger partial charge in [0.1, 0.15) is 6.10 Å². The van der Waals surface area contributed by atoms with Gasteiger partial charge in [-0.15, -0.1) is 0 Å². The van der Waals surface area contributed by atoms with Gasteiger partial charge in [-0.3, -0.25) is 4.79 Å². The normalized spacial score (nSPS) is 13.7. The Morgan fingerprint density at radius 1 is 0.453 bits per heavy atom. The SMILES string of the molecule is CCCCCCCCCCC/C=C\CCCCCCC(O)C(=O)NC(CO)C(O)/C=C/CCCCCCCCCCCCCCCCCCCCCC. The maximum absolute atomic E-state index is 12.5. The van der Waals surface area contributed by atoms with E-state index in [0.717, 1.165) is 44.9 Å². The van der Waals surface area contributed by atoms with Crippen LogP contribution in [0.2, 0.25) is 0 Å². The third kappa shape index (κ3) is 38.9. The molecule has 0 radical (unpaired) electrons. The summed E-state index contributed by atoms with van der Waals surface area (Å²) < 4.78 is 0. The Morgan fingerprint density at radius 3 is 1.09 bits per heavy atom. The summed E-state index contributed by atoms with van der Waals surface area (Å²) in [6, 6.07) is -0.800. The Labute approximate surface area is 331 Å². The average molecular weight is 748 g/mol. The first-order valence-corrected chi connectivity index (χ1v) is 23.7. The number of carbonyl (C=O) groups is 1. The van der Waals surface area contributed by atoms with E-state index in [1.54, 1.807) is 6.08 Å². The Kier molecular flexibility index (Phi) is 42.6. The monoisotopic (exact) mass is 748 g/mol. The molecule has 0 aliphatic carbocycles. The van der Waals surface area contributed by atoms with E-state index in [-0.39, 0.29) is 6.61 Å². The molecule has 3 atom stereocenters. The highest BCUT2D eigenvalue weighted by Gasteiger charge is 2.22. The number of unbranched alkanes of at least 4 members (excludes halogenated alkanes) is 33. The lowest BCUT2D eigenvalue weighted by molar-refractivity contribution is -0.131. The Bertz CT molecular complexity index is 784. The number of aliphatic hydroxyl groups excluding tert-OH is 3. The number of nitrogens with one attached hydrogen (secondary N) is 1. The molecule has 3 unspecified atom stereocenters. The van der Waals surface area contributed by atoms with Crippen molar-refractivity contribution in [2.45, 2.75) is 270 Å². The second kappa shape index (κ2) is 43.6. The van der Waals surface area contributed by atoms with E-state index in [0.29, 0.717) is 6.42 Å². The summed E-state index contributed by atoms with van der Waals surface area (Å²) in [5.41, 5.74) is 0. The van der Waals surface area contributed by atoms with Crippen molar-refractivity contribution in [1.29, 1.82) is 0 Å². The Morgan fingerprint density at radius 2 is 0.755 bits per heavy atom. The van der Waals surface area contributed by atoms with Crippen LogP contribution in [0.15, 0.2) is 24.3 Å². The topological polar surface area (TPSA) is 89.8 Å².